The fourth-order valence-electron chi connectivity index (χ4n) is 4.90. The maximum Gasteiger partial charge on any atom is 0.390 e. The van der Waals surface area contributed by atoms with E-state index in [-0.39, 0.29) is 12.6 Å². The fourth-order valence-corrected chi connectivity index (χ4v) is 4.90. The molecule has 1 aliphatic rings. The van der Waals surface area contributed by atoms with Crippen molar-refractivity contribution >= 4 is 28.0 Å². The first-order valence-corrected chi connectivity index (χ1v) is 12.6. The Labute approximate surface area is 220 Å². The van der Waals surface area contributed by atoms with Crippen LogP contribution < -0.4 is 10.2 Å². The number of hydrogen-bond acceptors (Lipinski definition) is 5. The number of nitriles is 1. The predicted octanol–water partition coefficient (Wildman–Crippen LogP) is 6.98. The highest BCUT2D eigenvalue weighted by Gasteiger charge is 2.31. The minimum atomic E-state index is -4.12. The van der Waals surface area contributed by atoms with E-state index in [0.717, 1.165) is 52.1 Å². The van der Waals surface area contributed by atoms with Gasteiger partial charge in [-0.25, -0.2) is 0 Å². The number of halogens is 3. The summed E-state index contributed by atoms with van der Waals surface area (Å²) < 4.78 is 37.8. The zero-order chi connectivity index (χ0) is 26.7. The summed E-state index contributed by atoms with van der Waals surface area (Å²) in [7, 11) is 1.78. The second-order valence-corrected chi connectivity index (χ2v) is 9.69. The van der Waals surface area contributed by atoms with Gasteiger partial charge in [0.25, 0.3) is 0 Å². The molecule has 1 atom stereocenters. The Morgan fingerprint density at radius 3 is 2.47 bits per heavy atom. The third-order valence-electron chi connectivity index (χ3n) is 7.14. The van der Waals surface area contributed by atoms with Crippen molar-refractivity contribution in [1.82, 2.24) is 9.88 Å². The number of hydrogen-bond donors (Lipinski definition) is 1. The lowest BCUT2D eigenvalue weighted by Gasteiger charge is -2.25. The van der Waals surface area contributed by atoms with Crippen LogP contribution in [0.15, 0.2) is 79.0 Å². The SMILES string of the molecule is CN(CCC(F)(F)F)C1CCN(c2ccc(Nc3ccnc4ccc(-c5ccc(C#N)cc5)cc34)cc2)C1. The van der Waals surface area contributed by atoms with Crippen LogP contribution in [0.3, 0.4) is 0 Å². The van der Waals surface area contributed by atoms with E-state index in [1.165, 1.54) is 0 Å². The molecule has 3 aromatic carbocycles. The second-order valence-electron chi connectivity index (χ2n) is 9.69. The summed E-state index contributed by atoms with van der Waals surface area (Å²) in [6.45, 7) is 1.56. The highest BCUT2D eigenvalue weighted by atomic mass is 19.4. The minimum absolute atomic E-state index is 0.0254. The number of pyridine rings is 1. The van der Waals surface area contributed by atoms with Crippen LogP contribution in [0.2, 0.25) is 0 Å². The zero-order valence-corrected chi connectivity index (χ0v) is 21.0. The van der Waals surface area contributed by atoms with E-state index >= 15 is 0 Å². The second kappa shape index (κ2) is 10.7. The average Bonchev–Trinajstić information content (AvgIpc) is 3.42. The van der Waals surface area contributed by atoms with E-state index in [1.54, 1.807) is 13.2 Å². The van der Waals surface area contributed by atoms with Crippen molar-refractivity contribution in [2.24, 2.45) is 0 Å². The number of alkyl halides is 3. The molecule has 194 valence electrons. The van der Waals surface area contributed by atoms with Gasteiger partial charge in [0, 0.05) is 54.3 Å². The molecule has 1 aliphatic heterocycles. The normalized spacial score (nSPS) is 15.7. The van der Waals surface area contributed by atoms with Crippen molar-refractivity contribution in [2.45, 2.75) is 25.1 Å². The molecule has 1 N–H and O–H groups in total. The van der Waals surface area contributed by atoms with Crippen LogP contribution in [0.5, 0.6) is 0 Å². The summed E-state index contributed by atoms with van der Waals surface area (Å²) in [4.78, 5) is 8.55. The third kappa shape index (κ3) is 5.90. The highest BCUT2D eigenvalue weighted by Crippen LogP contribution is 2.31. The summed E-state index contributed by atoms with van der Waals surface area (Å²) >= 11 is 0. The molecule has 4 aromatic rings. The summed E-state index contributed by atoms with van der Waals surface area (Å²) in [5.41, 5.74) is 6.50. The summed E-state index contributed by atoms with van der Waals surface area (Å²) in [5.74, 6) is 0. The van der Waals surface area contributed by atoms with Crippen LogP contribution in [-0.4, -0.2) is 48.8 Å². The van der Waals surface area contributed by atoms with Crippen molar-refractivity contribution in [1.29, 1.82) is 5.26 Å². The van der Waals surface area contributed by atoms with E-state index in [2.05, 4.69) is 27.3 Å². The van der Waals surface area contributed by atoms with Crippen molar-refractivity contribution < 1.29 is 13.2 Å². The first-order chi connectivity index (χ1) is 18.3. The maximum absolute atomic E-state index is 12.6. The molecule has 38 heavy (non-hydrogen) atoms. The van der Waals surface area contributed by atoms with E-state index in [1.807, 2.05) is 71.6 Å². The molecule has 8 heteroatoms. The topological polar surface area (TPSA) is 55.2 Å². The Bertz CT molecular complexity index is 1440. The van der Waals surface area contributed by atoms with Crippen LogP contribution in [0.4, 0.5) is 30.2 Å². The summed E-state index contributed by atoms with van der Waals surface area (Å²) in [6.07, 6.45) is -2.28. The first-order valence-electron chi connectivity index (χ1n) is 12.6. The molecule has 0 spiro atoms. The Morgan fingerprint density at radius 1 is 1.03 bits per heavy atom. The summed E-state index contributed by atoms with van der Waals surface area (Å²) in [5, 5.41) is 13.6. The van der Waals surface area contributed by atoms with Gasteiger partial charge in [-0.15, -0.1) is 0 Å². The van der Waals surface area contributed by atoms with Gasteiger partial charge in [0.1, 0.15) is 0 Å². The van der Waals surface area contributed by atoms with E-state index in [9.17, 15) is 13.2 Å². The molecule has 0 radical (unpaired) electrons. The monoisotopic (exact) mass is 515 g/mol. The predicted molar refractivity (Wildman–Crippen MR) is 146 cm³/mol. The lowest BCUT2D eigenvalue weighted by molar-refractivity contribution is -0.138. The van der Waals surface area contributed by atoms with Crippen LogP contribution in [0.25, 0.3) is 22.0 Å². The van der Waals surface area contributed by atoms with E-state index in [0.29, 0.717) is 12.1 Å². The number of rotatable bonds is 7. The molecule has 0 amide bonds. The molecule has 1 unspecified atom stereocenters. The van der Waals surface area contributed by atoms with Gasteiger partial charge in [0.2, 0.25) is 0 Å². The first kappa shape index (κ1) is 25.6. The minimum Gasteiger partial charge on any atom is -0.370 e. The number of benzene rings is 3. The smallest absolute Gasteiger partial charge is 0.370 e. The van der Waals surface area contributed by atoms with Gasteiger partial charge >= 0.3 is 6.18 Å². The van der Waals surface area contributed by atoms with Gasteiger partial charge in [-0.05, 0) is 79.2 Å². The molecule has 1 aromatic heterocycles. The maximum atomic E-state index is 12.6. The Balaban J connectivity index is 1.28. The molecular weight excluding hydrogens is 487 g/mol. The van der Waals surface area contributed by atoms with Crippen LogP contribution in [0.1, 0.15) is 18.4 Å². The number of fused-ring (bicyclic) bond motifs is 1. The molecule has 1 saturated heterocycles. The Hall–Kier alpha value is -4.09. The van der Waals surface area contributed by atoms with Gasteiger partial charge in [0.15, 0.2) is 0 Å². The highest BCUT2D eigenvalue weighted by molar-refractivity contribution is 5.95. The molecule has 1 fully saturated rings. The number of nitrogens with one attached hydrogen (secondary N) is 1. The molecule has 0 aliphatic carbocycles. The number of aromatic nitrogens is 1. The Kier molecular flexibility index (Phi) is 7.21. The van der Waals surface area contributed by atoms with Gasteiger partial charge in [-0.1, -0.05) is 18.2 Å². The fraction of sp³-hybridized carbons (Fsp3) is 0.267. The van der Waals surface area contributed by atoms with Crippen LogP contribution in [-0.2, 0) is 0 Å². The lowest BCUT2D eigenvalue weighted by Crippen LogP contribution is -2.36. The van der Waals surface area contributed by atoms with Gasteiger partial charge in [0.05, 0.1) is 23.6 Å². The van der Waals surface area contributed by atoms with Crippen molar-refractivity contribution in [3.05, 3.63) is 84.6 Å². The van der Waals surface area contributed by atoms with Crippen molar-refractivity contribution in [3.63, 3.8) is 0 Å². The number of likely N-dealkylation sites (N-methyl/N-ethyl adjacent to an activating group) is 1. The molecule has 2 heterocycles. The lowest BCUT2D eigenvalue weighted by atomic mass is 10.0. The molecule has 5 nitrogen and oxygen atoms in total. The summed E-state index contributed by atoms with van der Waals surface area (Å²) in [6, 6.07) is 26.0. The van der Waals surface area contributed by atoms with E-state index < -0.39 is 12.6 Å². The van der Waals surface area contributed by atoms with E-state index in [4.69, 9.17) is 5.26 Å². The number of anilines is 3. The zero-order valence-electron chi connectivity index (χ0n) is 21.0. The van der Waals surface area contributed by atoms with Crippen LogP contribution >= 0.6 is 0 Å². The van der Waals surface area contributed by atoms with Crippen molar-refractivity contribution in [3.8, 4) is 17.2 Å². The van der Waals surface area contributed by atoms with Gasteiger partial charge in [-0.3, -0.25) is 4.98 Å². The molecule has 0 bridgehead atoms. The van der Waals surface area contributed by atoms with Gasteiger partial charge < -0.3 is 15.1 Å². The third-order valence-corrected chi connectivity index (χ3v) is 7.14. The molecule has 5 rings (SSSR count). The average molecular weight is 516 g/mol. The Morgan fingerprint density at radius 2 is 1.76 bits per heavy atom. The largest absolute Gasteiger partial charge is 0.390 e. The molecule has 0 saturated carbocycles. The van der Waals surface area contributed by atoms with Gasteiger partial charge in [-0.2, -0.15) is 18.4 Å². The molecular formula is C30H28F3N5. The quantitative estimate of drug-likeness (QED) is 0.288. The van der Waals surface area contributed by atoms with Crippen molar-refractivity contribution in [2.75, 3.05) is 36.9 Å². The number of nitrogens with zero attached hydrogens (tertiary/aromatic N) is 4. The van der Waals surface area contributed by atoms with Crippen LogP contribution in [0, 0.1) is 11.3 Å². The standard InChI is InChI=1S/C30H28F3N5/c1-37(17-14-30(31,32)33)26-13-16-38(20-26)25-9-7-24(8-10-25)36-29-12-15-35-28-11-6-23(18-27(28)29)22-4-2-21(19-34)3-5-22/h2-12,15,18,26H,13-14,16-17,20H2,1H3,(H,35,36).